The Bertz CT molecular complexity index is 862. The van der Waals surface area contributed by atoms with Crippen molar-refractivity contribution in [2.24, 2.45) is 5.10 Å². The molecule has 0 radical (unpaired) electrons. The van der Waals surface area contributed by atoms with Crippen LogP contribution in [0.4, 0.5) is 23.2 Å². The van der Waals surface area contributed by atoms with Crippen molar-refractivity contribution in [2.45, 2.75) is 19.5 Å². The van der Waals surface area contributed by atoms with Gasteiger partial charge in [0.1, 0.15) is 5.82 Å². The topological polar surface area (TPSA) is 70.6 Å². The van der Waals surface area contributed by atoms with Crippen LogP contribution in [-0.4, -0.2) is 17.5 Å². The number of carbonyl (C=O) groups is 2. The van der Waals surface area contributed by atoms with Gasteiger partial charge in [-0.15, -0.1) is 0 Å². The fourth-order valence-electron chi connectivity index (χ4n) is 2.12. The summed E-state index contributed by atoms with van der Waals surface area (Å²) in [4.78, 5) is 23.8. The van der Waals surface area contributed by atoms with Gasteiger partial charge in [0, 0.05) is 11.3 Å². The van der Waals surface area contributed by atoms with Gasteiger partial charge >= 0.3 is 6.18 Å². The SMILES string of the molecule is C/C(CC(=O)Nc1ccccc1C(F)(F)F)=N\NC(=O)c1ccc(F)cc1. The summed E-state index contributed by atoms with van der Waals surface area (Å²) in [5, 5.41) is 5.90. The largest absolute Gasteiger partial charge is 0.418 e. The number of rotatable bonds is 5. The van der Waals surface area contributed by atoms with Crippen LogP contribution in [0.25, 0.3) is 0 Å². The molecule has 0 fully saturated rings. The first-order valence-electron chi connectivity index (χ1n) is 7.72. The maximum absolute atomic E-state index is 12.9. The lowest BCUT2D eigenvalue weighted by atomic mass is 10.1. The van der Waals surface area contributed by atoms with E-state index in [2.05, 4.69) is 15.8 Å². The molecule has 5 nitrogen and oxygen atoms in total. The molecule has 0 saturated carbocycles. The molecule has 0 atom stereocenters. The van der Waals surface area contributed by atoms with Crippen molar-refractivity contribution in [1.29, 1.82) is 0 Å². The van der Waals surface area contributed by atoms with Crippen molar-refractivity contribution >= 4 is 23.2 Å². The summed E-state index contributed by atoms with van der Waals surface area (Å²) < 4.78 is 51.5. The summed E-state index contributed by atoms with van der Waals surface area (Å²) in [6.45, 7) is 1.43. The summed E-state index contributed by atoms with van der Waals surface area (Å²) in [5.74, 6) is -1.83. The van der Waals surface area contributed by atoms with E-state index in [9.17, 15) is 27.2 Å². The Hall–Kier alpha value is -3.23. The van der Waals surface area contributed by atoms with Crippen molar-refractivity contribution in [1.82, 2.24) is 5.43 Å². The summed E-state index contributed by atoms with van der Waals surface area (Å²) in [6.07, 6.45) is -4.92. The lowest BCUT2D eigenvalue weighted by molar-refractivity contribution is -0.137. The Labute approximate surface area is 152 Å². The molecule has 2 aromatic carbocycles. The standard InChI is InChI=1S/C18H15F4N3O2/c1-11(24-25-17(27)12-6-8-13(19)9-7-12)10-16(26)23-15-5-3-2-4-14(15)18(20,21)22/h2-9H,10H2,1H3,(H,23,26)(H,25,27)/b24-11+. The van der Waals surface area contributed by atoms with E-state index in [1.807, 2.05) is 0 Å². The molecule has 0 unspecified atom stereocenters. The number of para-hydroxylation sites is 1. The maximum Gasteiger partial charge on any atom is 0.418 e. The second-order valence-electron chi connectivity index (χ2n) is 5.56. The van der Waals surface area contributed by atoms with Crippen molar-refractivity contribution < 1.29 is 27.2 Å². The molecule has 0 saturated heterocycles. The molecule has 0 spiro atoms. The molecule has 0 aromatic heterocycles. The zero-order valence-corrected chi connectivity index (χ0v) is 14.1. The summed E-state index contributed by atoms with van der Waals surface area (Å²) in [7, 11) is 0. The highest BCUT2D eigenvalue weighted by atomic mass is 19.4. The molecule has 0 heterocycles. The van der Waals surface area contributed by atoms with E-state index in [0.717, 1.165) is 24.3 Å². The Morgan fingerprint density at radius 2 is 1.67 bits per heavy atom. The molecule has 0 aliphatic carbocycles. The smallest absolute Gasteiger partial charge is 0.325 e. The minimum absolute atomic E-state index is 0.163. The van der Waals surface area contributed by atoms with E-state index in [0.29, 0.717) is 0 Å². The van der Waals surface area contributed by atoms with Crippen molar-refractivity contribution in [2.75, 3.05) is 5.32 Å². The van der Waals surface area contributed by atoms with Crippen LogP contribution in [-0.2, 0) is 11.0 Å². The number of hydrazone groups is 1. The zero-order chi connectivity index (χ0) is 20.0. The molecule has 9 heteroatoms. The number of hydrogen-bond acceptors (Lipinski definition) is 3. The van der Waals surface area contributed by atoms with E-state index < -0.39 is 29.4 Å². The predicted molar refractivity (Wildman–Crippen MR) is 91.7 cm³/mol. The monoisotopic (exact) mass is 381 g/mol. The number of alkyl halides is 3. The van der Waals surface area contributed by atoms with E-state index in [1.165, 1.54) is 31.2 Å². The van der Waals surface area contributed by atoms with Crippen LogP contribution in [0, 0.1) is 5.82 Å². The fraction of sp³-hybridized carbons (Fsp3) is 0.167. The third-order valence-electron chi connectivity index (χ3n) is 3.38. The summed E-state index contributed by atoms with van der Waals surface area (Å²) in [5.41, 5.74) is 1.20. The number of hydrogen-bond donors (Lipinski definition) is 2. The molecule has 2 amide bonds. The van der Waals surface area contributed by atoms with Gasteiger partial charge in [-0.1, -0.05) is 12.1 Å². The molecule has 2 aromatic rings. The average Bonchev–Trinajstić information content (AvgIpc) is 2.59. The van der Waals surface area contributed by atoms with Gasteiger partial charge < -0.3 is 5.32 Å². The predicted octanol–water partition coefficient (Wildman–Crippen LogP) is 3.98. The number of carbonyl (C=O) groups excluding carboxylic acids is 2. The Kier molecular flexibility index (Phi) is 6.27. The van der Waals surface area contributed by atoms with Gasteiger partial charge in [0.05, 0.1) is 17.7 Å². The van der Waals surface area contributed by atoms with E-state index >= 15 is 0 Å². The van der Waals surface area contributed by atoms with Gasteiger partial charge in [-0.3, -0.25) is 9.59 Å². The van der Waals surface area contributed by atoms with E-state index in [4.69, 9.17) is 0 Å². The molecule has 2 N–H and O–H groups in total. The van der Waals surface area contributed by atoms with Crippen LogP contribution in [0.1, 0.15) is 29.3 Å². The van der Waals surface area contributed by atoms with Crippen LogP contribution in [0.5, 0.6) is 0 Å². The number of nitrogens with zero attached hydrogens (tertiary/aromatic N) is 1. The molecular formula is C18H15F4N3O2. The van der Waals surface area contributed by atoms with Crippen LogP contribution >= 0.6 is 0 Å². The fourth-order valence-corrected chi connectivity index (χ4v) is 2.12. The van der Waals surface area contributed by atoms with Gasteiger partial charge in [0.15, 0.2) is 0 Å². The molecule has 0 aliphatic rings. The van der Waals surface area contributed by atoms with Crippen molar-refractivity contribution in [3.63, 3.8) is 0 Å². The number of amides is 2. The third-order valence-corrected chi connectivity index (χ3v) is 3.38. The lowest BCUT2D eigenvalue weighted by Crippen LogP contribution is -2.22. The minimum atomic E-state index is -4.60. The summed E-state index contributed by atoms with van der Waals surface area (Å²) >= 11 is 0. The molecular weight excluding hydrogens is 366 g/mol. The second-order valence-corrected chi connectivity index (χ2v) is 5.56. The van der Waals surface area contributed by atoms with Crippen LogP contribution in [0.15, 0.2) is 53.6 Å². The van der Waals surface area contributed by atoms with Crippen LogP contribution < -0.4 is 10.7 Å². The lowest BCUT2D eigenvalue weighted by Gasteiger charge is -2.13. The van der Waals surface area contributed by atoms with Crippen LogP contribution in [0.2, 0.25) is 0 Å². The van der Waals surface area contributed by atoms with Gasteiger partial charge in [0.25, 0.3) is 5.91 Å². The number of halogens is 4. The molecule has 142 valence electrons. The third kappa shape index (κ3) is 5.91. The Balaban J connectivity index is 1.96. The van der Waals surface area contributed by atoms with Gasteiger partial charge in [-0.25, -0.2) is 9.82 Å². The van der Waals surface area contributed by atoms with Crippen molar-refractivity contribution in [3.05, 3.63) is 65.5 Å². The molecule has 0 bridgehead atoms. The van der Waals surface area contributed by atoms with Gasteiger partial charge in [-0.05, 0) is 43.3 Å². The Morgan fingerprint density at radius 1 is 1.04 bits per heavy atom. The highest BCUT2D eigenvalue weighted by Gasteiger charge is 2.33. The Morgan fingerprint density at radius 3 is 2.30 bits per heavy atom. The van der Waals surface area contributed by atoms with Crippen LogP contribution in [0.3, 0.4) is 0 Å². The first-order chi connectivity index (χ1) is 12.7. The molecule has 27 heavy (non-hydrogen) atoms. The minimum Gasteiger partial charge on any atom is -0.325 e. The molecule has 0 aliphatic heterocycles. The highest BCUT2D eigenvalue weighted by molar-refractivity contribution is 6.06. The van der Waals surface area contributed by atoms with Crippen molar-refractivity contribution in [3.8, 4) is 0 Å². The first-order valence-corrected chi connectivity index (χ1v) is 7.72. The summed E-state index contributed by atoms with van der Waals surface area (Å²) in [6, 6.07) is 9.33. The normalized spacial score (nSPS) is 11.8. The number of benzene rings is 2. The van der Waals surface area contributed by atoms with Gasteiger partial charge in [-0.2, -0.15) is 18.3 Å². The quantitative estimate of drug-likeness (QED) is 0.467. The maximum atomic E-state index is 12.9. The second kappa shape index (κ2) is 8.43. The highest BCUT2D eigenvalue weighted by Crippen LogP contribution is 2.34. The molecule has 2 rings (SSSR count). The van der Waals surface area contributed by atoms with Gasteiger partial charge in [0.2, 0.25) is 5.91 Å². The zero-order valence-electron chi connectivity index (χ0n) is 14.1. The number of nitrogens with one attached hydrogen (secondary N) is 2. The average molecular weight is 381 g/mol. The van der Waals surface area contributed by atoms with E-state index in [-0.39, 0.29) is 23.4 Å². The van der Waals surface area contributed by atoms with E-state index in [1.54, 1.807) is 0 Å². The first kappa shape index (κ1) is 20.1. The number of anilines is 1.